The van der Waals surface area contributed by atoms with Crippen molar-refractivity contribution in [3.05, 3.63) is 35.9 Å². The normalized spacial score (nSPS) is 17.2. The highest BCUT2D eigenvalue weighted by molar-refractivity contribution is 14.0. The largest absolute Gasteiger partial charge is 0.378 e. The molecule has 1 aliphatic heterocycles. The maximum atomic E-state index is 5.82. The van der Waals surface area contributed by atoms with Gasteiger partial charge in [-0.05, 0) is 37.7 Å². The number of rotatable bonds is 9. The Labute approximate surface area is 188 Å². The lowest BCUT2D eigenvalue weighted by Crippen LogP contribution is -2.49. The molecule has 1 fully saturated rings. The lowest BCUT2D eigenvalue weighted by Gasteiger charge is -2.33. The number of hydrogen-bond acceptors (Lipinski definition) is 3. The van der Waals surface area contributed by atoms with E-state index in [1.807, 2.05) is 7.05 Å². The Kier molecular flexibility index (Phi) is 12.7. The van der Waals surface area contributed by atoms with Crippen LogP contribution in [0.2, 0.25) is 0 Å². The zero-order valence-corrected chi connectivity index (χ0v) is 20.3. The van der Waals surface area contributed by atoms with E-state index in [0.717, 1.165) is 58.0 Å². The van der Waals surface area contributed by atoms with E-state index < -0.39 is 0 Å². The van der Waals surface area contributed by atoms with Crippen LogP contribution in [0.4, 0.5) is 0 Å². The Bertz CT molecular complexity index is 545. The second kappa shape index (κ2) is 14.2. The minimum atomic E-state index is 0. The molecule has 0 aromatic heterocycles. The molecule has 6 heteroatoms. The Morgan fingerprint density at radius 3 is 2.46 bits per heavy atom. The lowest BCUT2D eigenvalue weighted by atomic mass is 10.0. The predicted octanol–water partition coefficient (Wildman–Crippen LogP) is 3.89. The van der Waals surface area contributed by atoms with Gasteiger partial charge in [0.05, 0.1) is 6.10 Å². The molecular formula is C22H39IN4O. The zero-order valence-electron chi connectivity index (χ0n) is 18.0. The number of halogens is 1. The van der Waals surface area contributed by atoms with Crippen molar-refractivity contribution in [2.75, 3.05) is 33.3 Å². The van der Waals surface area contributed by atoms with E-state index in [1.165, 1.54) is 5.56 Å². The van der Waals surface area contributed by atoms with E-state index in [0.29, 0.717) is 18.1 Å². The van der Waals surface area contributed by atoms with E-state index in [4.69, 9.17) is 4.74 Å². The van der Waals surface area contributed by atoms with E-state index >= 15 is 0 Å². The van der Waals surface area contributed by atoms with Crippen LogP contribution in [0.3, 0.4) is 0 Å². The van der Waals surface area contributed by atoms with Gasteiger partial charge < -0.3 is 15.4 Å². The molecular weight excluding hydrogens is 463 g/mol. The van der Waals surface area contributed by atoms with Crippen LogP contribution in [0.1, 0.15) is 45.6 Å². The summed E-state index contributed by atoms with van der Waals surface area (Å²) in [6, 6.07) is 11.2. The van der Waals surface area contributed by atoms with Crippen molar-refractivity contribution >= 4 is 29.9 Å². The van der Waals surface area contributed by atoms with Crippen molar-refractivity contribution in [1.82, 2.24) is 15.5 Å². The third-order valence-corrected chi connectivity index (χ3v) is 5.25. The molecule has 1 aliphatic rings. The van der Waals surface area contributed by atoms with Gasteiger partial charge in [-0.15, -0.1) is 24.0 Å². The second-order valence-corrected chi connectivity index (χ2v) is 7.71. The highest BCUT2D eigenvalue weighted by Gasteiger charge is 2.20. The third-order valence-electron chi connectivity index (χ3n) is 5.25. The van der Waals surface area contributed by atoms with Crippen molar-refractivity contribution in [2.24, 2.45) is 10.9 Å². The monoisotopic (exact) mass is 502 g/mol. The van der Waals surface area contributed by atoms with E-state index in [-0.39, 0.29) is 24.0 Å². The molecule has 0 bridgehead atoms. The first-order valence-corrected chi connectivity index (χ1v) is 10.5. The average Bonchev–Trinajstić information content (AvgIpc) is 2.68. The fourth-order valence-electron chi connectivity index (χ4n) is 3.62. The van der Waals surface area contributed by atoms with Gasteiger partial charge in [0, 0.05) is 45.9 Å². The fraction of sp³-hybridized carbons (Fsp3) is 0.682. The summed E-state index contributed by atoms with van der Waals surface area (Å²) in [6.45, 7) is 11.5. The Morgan fingerprint density at radius 1 is 1.21 bits per heavy atom. The topological polar surface area (TPSA) is 48.9 Å². The summed E-state index contributed by atoms with van der Waals surface area (Å²) in [5.41, 5.74) is 1.40. The molecule has 0 amide bonds. The lowest BCUT2D eigenvalue weighted by molar-refractivity contribution is 0.0258. The highest BCUT2D eigenvalue weighted by atomic mass is 127. The van der Waals surface area contributed by atoms with Gasteiger partial charge in [0.2, 0.25) is 0 Å². The molecule has 0 radical (unpaired) electrons. The molecule has 5 nitrogen and oxygen atoms in total. The van der Waals surface area contributed by atoms with Crippen LogP contribution in [0.15, 0.2) is 35.3 Å². The molecule has 0 aliphatic carbocycles. The van der Waals surface area contributed by atoms with Gasteiger partial charge in [0.1, 0.15) is 0 Å². The molecule has 1 heterocycles. The van der Waals surface area contributed by atoms with E-state index in [1.54, 1.807) is 0 Å². The summed E-state index contributed by atoms with van der Waals surface area (Å²) in [5, 5.41) is 7.05. The number of likely N-dealkylation sites (tertiary alicyclic amines) is 1. The van der Waals surface area contributed by atoms with Crippen molar-refractivity contribution in [2.45, 2.75) is 58.7 Å². The average molecular weight is 502 g/mol. The molecule has 2 rings (SSSR count). The number of aliphatic imine (C=N–C) groups is 1. The van der Waals surface area contributed by atoms with Crippen molar-refractivity contribution in [1.29, 1.82) is 0 Å². The Hall–Kier alpha value is -0.860. The van der Waals surface area contributed by atoms with E-state index in [9.17, 15) is 0 Å². The summed E-state index contributed by atoms with van der Waals surface area (Å²) >= 11 is 0. The molecule has 1 atom stereocenters. The number of piperidine rings is 1. The zero-order chi connectivity index (χ0) is 19.5. The fourth-order valence-corrected chi connectivity index (χ4v) is 3.62. The first-order chi connectivity index (χ1) is 13.1. The number of guanidine groups is 1. The number of ether oxygens (including phenoxy) is 1. The Balaban J connectivity index is 0.00000392. The molecule has 1 aromatic carbocycles. The van der Waals surface area contributed by atoms with Crippen LogP contribution in [0.5, 0.6) is 0 Å². The van der Waals surface area contributed by atoms with Gasteiger partial charge in [-0.2, -0.15) is 0 Å². The smallest absolute Gasteiger partial charge is 0.191 e. The van der Waals surface area contributed by atoms with Crippen molar-refractivity contribution in [3.8, 4) is 0 Å². The molecule has 0 saturated carbocycles. The van der Waals surface area contributed by atoms with Crippen LogP contribution in [-0.2, 0) is 11.3 Å². The van der Waals surface area contributed by atoms with Gasteiger partial charge in [-0.1, -0.05) is 44.2 Å². The molecule has 28 heavy (non-hydrogen) atoms. The first kappa shape index (κ1) is 25.2. The minimum Gasteiger partial charge on any atom is -0.378 e. The quantitative estimate of drug-likeness (QED) is 0.306. The van der Waals surface area contributed by atoms with Gasteiger partial charge in [-0.25, -0.2) is 0 Å². The SMILES string of the molecule is CCOC(CCNC(=NC)NC1CCN(Cc2ccccc2)CC1)C(C)C.I. The summed E-state index contributed by atoms with van der Waals surface area (Å²) in [6.07, 6.45) is 3.62. The maximum Gasteiger partial charge on any atom is 0.191 e. The molecule has 160 valence electrons. The number of benzene rings is 1. The standard InChI is InChI=1S/C22H38N4O.HI/c1-5-27-21(18(2)3)11-14-24-22(23-4)25-20-12-15-26(16-13-20)17-19-9-7-6-8-10-19;/h6-10,18,20-21H,5,11-17H2,1-4H3,(H2,23,24,25);1H. The molecule has 0 spiro atoms. The summed E-state index contributed by atoms with van der Waals surface area (Å²) < 4.78 is 5.82. The van der Waals surface area contributed by atoms with Crippen LogP contribution in [-0.4, -0.2) is 56.3 Å². The van der Waals surface area contributed by atoms with E-state index in [2.05, 4.69) is 71.6 Å². The van der Waals surface area contributed by atoms with Crippen molar-refractivity contribution < 1.29 is 4.74 Å². The third kappa shape index (κ3) is 9.09. The van der Waals surface area contributed by atoms with Crippen LogP contribution in [0, 0.1) is 5.92 Å². The van der Waals surface area contributed by atoms with Gasteiger partial charge in [0.15, 0.2) is 5.96 Å². The minimum absolute atomic E-state index is 0. The number of nitrogens with one attached hydrogen (secondary N) is 2. The summed E-state index contributed by atoms with van der Waals surface area (Å²) in [4.78, 5) is 6.94. The van der Waals surface area contributed by atoms with Crippen molar-refractivity contribution in [3.63, 3.8) is 0 Å². The van der Waals surface area contributed by atoms with Gasteiger partial charge >= 0.3 is 0 Å². The number of nitrogens with zero attached hydrogens (tertiary/aromatic N) is 2. The predicted molar refractivity (Wildman–Crippen MR) is 130 cm³/mol. The van der Waals surface area contributed by atoms with Crippen LogP contribution in [0.25, 0.3) is 0 Å². The van der Waals surface area contributed by atoms with Crippen LogP contribution < -0.4 is 10.6 Å². The molecule has 1 unspecified atom stereocenters. The summed E-state index contributed by atoms with van der Waals surface area (Å²) in [5.74, 6) is 1.45. The Morgan fingerprint density at radius 2 is 1.89 bits per heavy atom. The number of hydrogen-bond donors (Lipinski definition) is 2. The second-order valence-electron chi connectivity index (χ2n) is 7.71. The van der Waals surface area contributed by atoms with Gasteiger partial charge in [0.25, 0.3) is 0 Å². The highest BCUT2D eigenvalue weighted by Crippen LogP contribution is 2.14. The molecule has 1 aromatic rings. The molecule has 1 saturated heterocycles. The summed E-state index contributed by atoms with van der Waals surface area (Å²) in [7, 11) is 1.85. The molecule has 2 N–H and O–H groups in total. The first-order valence-electron chi connectivity index (χ1n) is 10.5. The maximum absolute atomic E-state index is 5.82. The van der Waals surface area contributed by atoms with Gasteiger partial charge in [-0.3, -0.25) is 9.89 Å². The van der Waals surface area contributed by atoms with Crippen LogP contribution >= 0.6 is 24.0 Å².